The van der Waals surface area contributed by atoms with E-state index in [0.717, 1.165) is 26.1 Å². The van der Waals surface area contributed by atoms with E-state index in [1.54, 1.807) is 0 Å². The molecule has 0 N–H and O–H groups in total. The van der Waals surface area contributed by atoms with Crippen LogP contribution in [0.3, 0.4) is 0 Å². The molecule has 0 radical (unpaired) electrons. The summed E-state index contributed by atoms with van der Waals surface area (Å²) in [7, 11) is 0. The van der Waals surface area contributed by atoms with Crippen molar-refractivity contribution in [2.45, 2.75) is 67.6 Å². The molecule has 0 bridgehead atoms. The molecule has 104 valence electrons. The van der Waals surface area contributed by atoms with Crippen molar-refractivity contribution in [1.29, 1.82) is 0 Å². The first-order chi connectivity index (χ1) is 7.85. The molecule has 2 nitrogen and oxygen atoms in total. The van der Waals surface area contributed by atoms with Crippen molar-refractivity contribution in [2.24, 2.45) is 17.3 Å². The van der Waals surface area contributed by atoms with E-state index < -0.39 is 0 Å². The lowest BCUT2D eigenvalue weighted by Crippen LogP contribution is -2.39. The highest BCUT2D eigenvalue weighted by atomic mass is 16.7. The molecule has 0 saturated heterocycles. The molecule has 0 unspecified atom stereocenters. The van der Waals surface area contributed by atoms with Crippen LogP contribution in [0.25, 0.3) is 0 Å². The Balaban J connectivity index is 4.80. The minimum atomic E-state index is -0.0673. The van der Waals surface area contributed by atoms with Crippen molar-refractivity contribution in [2.75, 3.05) is 13.2 Å². The Kier molecular flexibility index (Phi) is 8.06. The van der Waals surface area contributed by atoms with Crippen molar-refractivity contribution >= 4 is 0 Å². The van der Waals surface area contributed by atoms with Crippen molar-refractivity contribution in [3.8, 4) is 0 Å². The fourth-order valence-corrected chi connectivity index (χ4v) is 2.89. The van der Waals surface area contributed by atoms with Gasteiger partial charge in [0.2, 0.25) is 0 Å². The van der Waals surface area contributed by atoms with Gasteiger partial charge in [-0.25, -0.2) is 0 Å². The minimum absolute atomic E-state index is 0.0673. The lowest BCUT2D eigenvalue weighted by molar-refractivity contribution is -0.207. The average Bonchev–Trinajstić information content (AvgIpc) is 2.14. The van der Waals surface area contributed by atoms with E-state index in [2.05, 4.69) is 34.6 Å². The molecule has 0 aliphatic rings. The van der Waals surface area contributed by atoms with Crippen LogP contribution in [0.5, 0.6) is 0 Å². The summed E-state index contributed by atoms with van der Waals surface area (Å²) in [5.74, 6) is 1.34. The molecule has 0 spiro atoms. The Morgan fingerprint density at radius 3 is 1.41 bits per heavy atom. The highest BCUT2D eigenvalue weighted by Crippen LogP contribution is 2.38. The summed E-state index contributed by atoms with van der Waals surface area (Å²) in [5, 5.41) is 0. The molecule has 0 amide bonds. The molecule has 0 aromatic rings. The molecule has 2 heteroatoms. The zero-order valence-corrected chi connectivity index (χ0v) is 12.9. The lowest BCUT2D eigenvalue weighted by atomic mass is 9.75. The van der Waals surface area contributed by atoms with Gasteiger partial charge in [-0.1, -0.05) is 34.6 Å². The van der Waals surface area contributed by atoms with Crippen LogP contribution in [0.4, 0.5) is 0 Å². The molecule has 0 atom stereocenters. The maximum absolute atomic E-state index is 5.83. The molecule has 0 rings (SSSR count). The number of hydrogen-bond donors (Lipinski definition) is 0. The molecular weight excluding hydrogens is 212 g/mol. The molecule has 0 saturated carbocycles. The summed E-state index contributed by atoms with van der Waals surface area (Å²) in [5.41, 5.74) is 0.119. The molecule has 17 heavy (non-hydrogen) atoms. The summed E-state index contributed by atoms with van der Waals surface area (Å²) < 4.78 is 11.7. The van der Waals surface area contributed by atoms with Gasteiger partial charge in [0.15, 0.2) is 6.29 Å². The molecule has 0 aromatic carbocycles. The Bertz CT molecular complexity index is 171. The molecule has 0 aliphatic heterocycles. The van der Waals surface area contributed by atoms with E-state index in [1.165, 1.54) is 0 Å². The minimum Gasteiger partial charge on any atom is -0.352 e. The predicted molar refractivity (Wildman–Crippen MR) is 74.1 cm³/mol. The molecular formula is C15H32O2. The maximum Gasteiger partial charge on any atom is 0.162 e. The van der Waals surface area contributed by atoms with Crippen molar-refractivity contribution < 1.29 is 9.47 Å². The summed E-state index contributed by atoms with van der Waals surface area (Å²) in [6.45, 7) is 16.9. The molecule has 0 heterocycles. The van der Waals surface area contributed by atoms with Crippen LogP contribution in [0.2, 0.25) is 0 Å². The van der Waals surface area contributed by atoms with E-state index in [-0.39, 0.29) is 11.7 Å². The third-order valence-corrected chi connectivity index (χ3v) is 2.95. The van der Waals surface area contributed by atoms with Crippen molar-refractivity contribution in [3.63, 3.8) is 0 Å². The fourth-order valence-electron chi connectivity index (χ4n) is 2.89. The maximum atomic E-state index is 5.83. The Labute approximate surface area is 108 Å². The third kappa shape index (κ3) is 6.42. The second-order valence-electron chi connectivity index (χ2n) is 6.09. The summed E-state index contributed by atoms with van der Waals surface area (Å²) in [6, 6.07) is 0. The van der Waals surface area contributed by atoms with Crippen molar-refractivity contribution in [3.05, 3.63) is 0 Å². The van der Waals surface area contributed by atoms with Crippen LogP contribution >= 0.6 is 0 Å². The highest BCUT2D eigenvalue weighted by molar-refractivity contribution is 4.81. The molecule has 0 aromatic heterocycles. The smallest absolute Gasteiger partial charge is 0.162 e. The molecule has 0 aliphatic carbocycles. The van der Waals surface area contributed by atoms with Gasteiger partial charge in [-0.15, -0.1) is 0 Å². The monoisotopic (exact) mass is 244 g/mol. The van der Waals surface area contributed by atoms with E-state index in [0.29, 0.717) is 11.8 Å². The van der Waals surface area contributed by atoms with Gasteiger partial charge >= 0.3 is 0 Å². The zero-order chi connectivity index (χ0) is 13.5. The summed E-state index contributed by atoms with van der Waals surface area (Å²) in [4.78, 5) is 0. The van der Waals surface area contributed by atoms with E-state index >= 15 is 0 Å². The van der Waals surface area contributed by atoms with Crippen LogP contribution in [0.1, 0.15) is 61.3 Å². The average molecular weight is 244 g/mol. The number of rotatable bonds is 9. The van der Waals surface area contributed by atoms with Crippen LogP contribution in [-0.4, -0.2) is 19.5 Å². The first kappa shape index (κ1) is 16.9. The largest absolute Gasteiger partial charge is 0.352 e. The lowest BCUT2D eigenvalue weighted by Gasteiger charge is -2.39. The topological polar surface area (TPSA) is 18.5 Å². The quantitative estimate of drug-likeness (QED) is 0.557. The summed E-state index contributed by atoms with van der Waals surface area (Å²) >= 11 is 0. The normalized spacial score (nSPS) is 13.1. The zero-order valence-electron chi connectivity index (χ0n) is 12.9. The number of hydrogen-bond acceptors (Lipinski definition) is 2. The Morgan fingerprint density at radius 1 is 0.824 bits per heavy atom. The standard InChI is InChI=1S/C15H32O2/c1-8-16-14(17-9-2)15(7,10-12(3)4)11-13(5)6/h12-14H,8-11H2,1-7H3. The van der Waals surface area contributed by atoms with Gasteiger partial charge in [-0.05, 0) is 38.5 Å². The van der Waals surface area contributed by atoms with Gasteiger partial charge in [0.25, 0.3) is 0 Å². The van der Waals surface area contributed by atoms with Gasteiger partial charge < -0.3 is 9.47 Å². The van der Waals surface area contributed by atoms with E-state index in [1.807, 2.05) is 13.8 Å². The van der Waals surface area contributed by atoms with Crippen molar-refractivity contribution in [1.82, 2.24) is 0 Å². The second-order valence-corrected chi connectivity index (χ2v) is 6.09. The van der Waals surface area contributed by atoms with Gasteiger partial charge in [0, 0.05) is 18.6 Å². The Morgan fingerprint density at radius 2 is 1.18 bits per heavy atom. The molecule has 0 fully saturated rings. The van der Waals surface area contributed by atoms with Crippen LogP contribution in [0, 0.1) is 17.3 Å². The van der Waals surface area contributed by atoms with E-state index in [9.17, 15) is 0 Å². The second kappa shape index (κ2) is 8.10. The van der Waals surface area contributed by atoms with Crippen LogP contribution in [-0.2, 0) is 9.47 Å². The van der Waals surface area contributed by atoms with Gasteiger partial charge in [0.1, 0.15) is 0 Å². The first-order valence-corrected chi connectivity index (χ1v) is 7.08. The fraction of sp³-hybridized carbons (Fsp3) is 1.00. The van der Waals surface area contributed by atoms with Crippen LogP contribution in [0.15, 0.2) is 0 Å². The highest BCUT2D eigenvalue weighted by Gasteiger charge is 2.36. The van der Waals surface area contributed by atoms with Crippen LogP contribution < -0.4 is 0 Å². The first-order valence-electron chi connectivity index (χ1n) is 7.08. The SMILES string of the molecule is CCOC(OCC)C(C)(CC(C)C)CC(C)C. The predicted octanol–water partition coefficient (Wildman–Crippen LogP) is 4.48. The number of ether oxygens (including phenoxy) is 2. The Hall–Kier alpha value is -0.0800. The third-order valence-electron chi connectivity index (χ3n) is 2.95. The van der Waals surface area contributed by atoms with Gasteiger partial charge in [-0.2, -0.15) is 0 Å². The summed E-state index contributed by atoms with van der Waals surface area (Å²) in [6.07, 6.45) is 2.23. The van der Waals surface area contributed by atoms with E-state index in [4.69, 9.17) is 9.47 Å². The van der Waals surface area contributed by atoms with Gasteiger partial charge in [0.05, 0.1) is 0 Å². The van der Waals surface area contributed by atoms with Gasteiger partial charge in [-0.3, -0.25) is 0 Å².